The molecule has 9 nitrogen and oxygen atoms in total. The van der Waals surface area contributed by atoms with E-state index in [0.29, 0.717) is 22.8 Å². The predicted octanol–water partition coefficient (Wildman–Crippen LogP) is 3.42. The number of aromatic nitrogens is 5. The zero-order valence-corrected chi connectivity index (χ0v) is 17.6. The Morgan fingerprint density at radius 2 is 2.19 bits per heavy atom. The molecule has 3 heterocycles. The summed E-state index contributed by atoms with van der Waals surface area (Å²) < 4.78 is 6.86. The maximum Gasteiger partial charge on any atom is 0.260 e. The van der Waals surface area contributed by atoms with Crippen molar-refractivity contribution in [3.8, 4) is 5.75 Å². The molecule has 9 heteroatoms. The molecule has 1 amide bonds. The molecule has 1 aliphatic rings. The van der Waals surface area contributed by atoms with E-state index in [1.807, 2.05) is 0 Å². The van der Waals surface area contributed by atoms with Crippen LogP contribution in [0.5, 0.6) is 5.75 Å². The third kappa shape index (κ3) is 4.66. The number of amides is 1. The smallest absolute Gasteiger partial charge is 0.260 e. The summed E-state index contributed by atoms with van der Waals surface area (Å²) in [5.41, 5.74) is 1.86. The fraction of sp³-hybridized carbons (Fsp3) is 0.364. The van der Waals surface area contributed by atoms with Crippen LogP contribution in [-0.2, 0) is 0 Å². The van der Waals surface area contributed by atoms with Crippen molar-refractivity contribution in [2.45, 2.75) is 38.7 Å². The topological polar surface area (TPSA) is 117 Å². The average Bonchev–Trinajstić information content (AvgIpc) is 3.39. The molecule has 31 heavy (non-hydrogen) atoms. The van der Waals surface area contributed by atoms with Crippen LogP contribution in [0.15, 0.2) is 42.9 Å². The van der Waals surface area contributed by atoms with Crippen molar-refractivity contribution in [2.75, 3.05) is 12.4 Å². The van der Waals surface area contributed by atoms with Gasteiger partial charge in [0.1, 0.15) is 5.75 Å². The van der Waals surface area contributed by atoms with Gasteiger partial charge >= 0.3 is 0 Å². The number of fused-ring (bicyclic) bond motifs is 2. The van der Waals surface area contributed by atoms with Crippen molar-refractivity contribution in [1.29, 1.82) is 0 Å². The van der Waals surface area contributed by atoms with Gasteiger partial charge < -0.3 is 15.2 Å². The standard InChI is InChI=1S/C15H12N6O2.C7H14O/c1-23-12-6-11-9(7-17-20-11)5-10(12)15(22)19-14-8-16-13-3-2-4-18-21(13)14;1-6-3-2-4-7(8)5-6/h2-8H,1H3,(H,17,20)(H,19,22);6-8H,2-5H2,1H3. The van der Waals surface area contributed by atoms with Crippen molar-refractivity contribution < 1.29 is 14.6 Å². The lowest BCUT2D eigenvalue weighted by molar-refractivity contribution is 0.102. The van der Waals surface area contributed by atoms with Gasteiger partial charge in [-0.1, -0.05) is 19.8 Å². The van der Waals surface area contributed by atoms with E-state index in [1.165, 1.54) is 20.0 Å². The Hall–Kier alpha value is -3.46. The Morgan fingerprint density at radius 3 is 2.94 bits per heavy atom. The van der Waals surface area contributed by atoms with Gasteiger partial charge in [-0.3, -0.25) is 9.89 Å². The van der Waals surface area contributed by atoms with Gasteiger partial charge in [-0.25, -0.2) is 4.98 Å². The average molecular weight is 422 g/mol. The largest absolute Gasteiger partial charge is 0.496 e. The third-order valence-electron chi connectivity index (χ3n) is 5.43. The van der Waals surface area contributed by atoms with Gasteiger partial charge in [0.15, 0.2) is 11.5 Å². The normalized spacial score (nSPS) is 18.4. The number of aliphatic hydroxyl groups is 1. The molecule has 1 aliphatic carbocycles. The highest BCUT2D eigenvalue weighted by Crippen LogP contribution is 2.26. The maximum atomic E-state index is 12.6. The van der Waals surface area contributed by atoms with Crippen molar-refractivity contribution in [3.05, 3.63) is 48.4 Å². The summed E-state index contributed by atoms with van der Waals surface area (Å²) in [5, 5.41) is 23.7. The summed E-state index contributed by atoms with van der Waals surface area (Å²) in [6, 6.07) is 7.05. The first-order valence-electron chi connectivity index (χ1n) is 10.3. The highest BCUT2D eigenvalue weighted by Gasteiger charge is 2.17. The number of imidazole rings is 1. The van der Waals surface area contributed by atoms with E-state index < -0.39 is 0 Å². The van der Waals surface area contributed by atoms with E-state index in [-0.39, 0.29) is 12.0 Å². The number of benzene rings is 1. The number of hydrogen-bond donors (Lipinski definition) is 3. The number of nitrogens with one attached hydrogen (secondary N) is 2. The van der Waals surface area contributed by atoms with Gasteiger partial charge in [-0.05, 0) is 37.0 Å². The summed E-state index contributed by atoms with van der Waals surface area (Å²) in [5.74, 6) is 1.40. The minimum absolute atomic E-state index is 0.0127. The number of carbonyl (C=O) groups excluding carboxylic acids is 1. The molecule has 0 saturated heterocycles. The number of methoxy groups -OCH3 is 1. The Kier molecular flexibility index (Phi) is 6.13. The van der Waals surface area contributed by atoms with Gasteiger partial charge in [-0.2, -0.15) is 14.7 Å². The molecule has 1 aromatic carbocycles. The molecular weight excluding hydrogens is 396 g/mol. The zero-order valence-electron chi connectivity index (χ0n) is 17.6. The van der Waals surface area contributed by atoms with Crippen LogP contribution in [0.1, 0.15) is 43.0 Å². The molecule has 1 saturated carbocycles. The molecule has 0 spiro atoms. The van der Waals surface area contributed by atoms with Crippen LogP contribution < -0.4 is 10.1 Å². The summed E-state index contributed by atoms with van der Waals surface area (Å²) in [6.45, 7) is 2.21. The van der Waals surface area contributed by atoms with E-state index in [1.54, 1.807) is 47.4 Å². The number of anilines is 1. The second kappa shape index (κ2) is 9.13. The lowest BCUT2D eigenvalue weighted by Crippen LogP contribution is -2.16. The molecule has 0 aliphatic heterocycles. The zero-order chi connectivity index (χ0) is 21.8. The first-order valence-corrected chi connectivity index (χ1v) is 10.3. The molecule has 162 valence electrons. The number of aromatic amines is 1. The number of rotatable bonds is 3. The SMILES string of the molecule is CC1CCCC(O)C1.COc1cc2[nH]ncc2cc1C(=O)Nc1cnc2cccnn12. The molecule has 4 aromatic rings. The molecule has 1 fully saturated rings. The van der Waals surface area contributed by atoms with Gasteiger partial charge in [0.05, 0.1) is 36.7 Å². The fourth-order valence-electron chi connectivity index (χ4n) is 3.82. The number of H-pyrrole nitrogens is 1. The summed E-state index contributed by atoms with van der Waals surface area (Å²) >= 11 is 0. The molecule has 2 unspecified atom stereocenters. The van der Waals surface area contributed by atoms with Crippen molar-refractivity contribution in [3.63, 3.8) is 0 Å². The Bertz CT molecular complexity index is 1180. The van der Waals surface area contributed by atoms with Crippen molar-refractivity contribution >= 4 is 28.3 Å². The molecule has 3 aromatic heterocycles. The Balaban J connectivity index is 0.000000245. The Morgan fingerprint density at radius 1 is 1.32 bits per heavy atom. The van der Waals surface area contributed by atoms with Gasteiger partial charge in [0, 0.05) is 17.6 Å². The van der Waals surface area contributed by atoms with Crippen LogP contribution >= 0.6 is 0 Å². The summed E-state index contributed by atoms with van der Waals surface area (Å²) in [7, 11) is 1.52. The van der Waals surface area contributed by atoms with Gasteiger partial charge in [0.2, 0.25) is 0 Å². The number of hydrogen-bond acceptors (Lipinski definition) is 6. The van der Waals surface area contributed by atoms with E-state index in [0.717, 1.165) is 29.7 Å². The third-order valence-corrected chi connectivity index (χ3v) is 5.43. The summed E-state index contributed by atoms with van der Waals surface area (Å²) in [4.78, 5) is 16.8. The highest BCUT2D eigenvalue weighted by molar-refractivity contribution is 6.08. The molecule has 0 bridgehead atoms. The number of aliphatic hydroxyl groups excluding tert-OH is 1. The molecule has 2 atom stereocenters. The van der Waals surface area contributed by atoms with Crippen LogP contribution in [0, 0.1) is 5.92 Å². The highest BCUT2D eigenvalue weighted by atomic mass is 16.5. The quantitative estimate of drug-likeness (QED) is 0.466. The van der Waals surface area contributed by atoms with Crippen LogP contribution in [0.25, 0.3) is 16.6 Å². The molecule has 3 N–H and O–H groups in total. The fourth-order valence-corrected chi connectivity index (χ4v) is 3.82. The first kappa shape index (κ1) is 20.8. The lowest BCUT2D eigenvalue weighted by Gasteiger charge is -2.21. The predicted molar refractivity (Wildman–Crippen MR) is 117 cm³/mol. The number of carbonyl (C=O) groups is 1. The van der Waals surface area contributed by atoms with Crippen LogP contribution in [0.2, 0.25) is 0 Å². The van der Waals surface area contributed by atoms with Crippen LogP contribution in [0.3, 0.4) is 0 Å². The number of nitrogens with zero attached hydrogens (tertiary/aromatic N) is 4. The van der Waals surface area contributed by atoms with E-state index in [2.05, 4.69) is 32.5 Å². The van der Waals surface area contributed by atoms with Crippen molar-refractivity contribution in [2.24, 2.45) is 5.92 Å². The minimum Gasteiger partial charge on any atom is -0.496 e. The van der Waals surface area contributed by atoms with E-state index >= 15 is 0 Å². The van der Waals surface area contributed by atoms with Gasteiger partial charge in [-0.15, -0.1) is 0 Å². The molecule has 0 radical (unpaired) electrons. The Labute approximate surface area is 179 Å². The second-order valence-electron chi connectivity index (χ2n) is 7.83. The first-order chi connectivity index (χ1) is 15.0. The molecule has 5 rings (SSSR count). The second-order valence-corrected chi connectivity index (χ2v) is 7.83. The maximum absolute atomic E-state index is 12.6. The van der Waals surface area contributed by atoms with Crippen LogP contribution in [-0.4, -0.2) is 49.0 Å². The van der Waals surface area contributed by atoms with Gasteiger partial charge in [0.25, 0.3) is 5.91 Å². The van der Waals surface area contributed by atoms with Crippen molar-refractivity contribution in [1.82, 2.24) is 24.8 Å². The lowest BCUT2D eigenvalue weighted by atomic mass is 9.89. The summed E-state index contributed by atoms with van der Waals surface area (Å²) in [6.07, 6.45) is 9.45. The number of ether oxygens (including phenoxy) is 1. The van der Waals surface area contributed by atoms with E-state index in [9.17, 15) is 4.79 Å². The van der Waals surface area contributed by atoms with Crippen LogP contribution in [0.4, 0.5) is 5.82 Å². The molecular formula is C22H26N6O3. The monoisotopic (exact) mass is 422 g/mol. The minimum atomic E-state index is -0.308. The van der Waals surface area contributed by atoms with E-state index in [4.69, 9.17) is 9.84 Å².